The van der Waals surface area contributed by atoms with Crippen molar-refractivity contribution in [3.8, 4) is 5.75 Å². The van der Waals surface area contributed by atoms with Gasteiger partial charge in [0.15, 0.2) is 5.82 Å². The Bertz CT molecular complexity index is 1250. The highest BCUT2D eigenvalue weighted by atomic mass is 35.5. The first-order valence-electron chi connectivity index (χ1n) is 11.7. The lowest BCUT2D eigenvalue weighted by Gasteiger charge is -2.32. The number of hydrogen-bond acceptors (Lipinski definition) is 6. The van der Waals surface area contributed by atoms with Crippen LogP contribution in [0, 0.1) is 12.7 Å². The number of anilines is 1. The zero-order chi connectivity index (χ0) is 25.4. The van der Waals surface area contributed by atoms with Crippen molar-refractivity contribution in [2.24, 2.45) is 0 Å². The van der Waals surface area contributed by atoms with Gasteiger partial charge in [-0.3, -0.25) is 9.20 Å². The highest BCUT2D eigenvalue weighted by molar-refractivity contribution is 6.31. The number of piperidine rings is 1. The van der Waals surface area contributed by atoms with Crippen LogP contribution in [0.1, 0.15) is 67.0 Å². The lowest BCUT2D eigenvalue weighted by molar-refractivity contribution is 0.0345. The number of likely N-dealkylation sites (tertiary alicyclic amines) is 1. The second-order valence-corrected chi connectivity index (χ2v) is 9.57. The van der Waals surface area contributed by atoms with Crippen LogP contribution in [0.3, 0.4) is 0 Å². The molecule has 4 rings (SSSR count). The van der Waals surface area contributed by atoms with Crippen LogP contribution in [0.2, 0.25) is 5.02 Å². The van der Waals surface area contributed by atoms with E-state index in [-0.39, 0.29) is 28.5 Å². The third-order valence-electron chi connectivity index (χ3n) is 6.47. The zero-order valence-electron chi connectivity index (χ0n) is 20.6. The number of nitrogen functional groups attached to an aromatic ring is 1. The quantitative estimate of drug-likeness (QED) is 0.528. The lowest BCUT2D eigenvalue weighted by atomic mass is 9.95. The normalized spacial score (nSPS) is 15.7. The summed E-state index contributed by atoms with van der Waals surface area (Å²) in [5, 5.41) is -0.142. The minimum Gasteiger partial charge on any atom is -0.490 e. The molecule has 1 saturated heterocycles. The van der Waals surface area contributed by atoms with E-state index in [1.807, 2.05) is 32.1 Å². The molecule has 3 heterocycles. The van der Waals surface area contributed by atoms with Crippen LogP contribution in [0.25, 0.3) is 5.52 Å². The summed E-state index contributed by atoms with van der Waals surface area (Å²) in [6.45, 7) is 8.37. The van der Waals surface area contributed by atoms with Gasteiger partial charge in [-0.15, -0.1) is 0 Å². The van der Waals surface area contributed by atoms with Crippen molar-refractivity contribution >= 4 is 28.8 Å². The Kier molecular flexibility index (Phi) is 7.19. The van der Waals surface area contributed by atoms with Crippen LogP contribution in [0.15, 0.2) is 18.5 Å². The minimum absolute atomic E-state index is 0.0871. The number of fused-ring (bicyclic) bond motifs is 1. The highest BCUT2D eigenvalue weighted by Gasteiger charge is 2.33. The Labute approximate surface area is 209 Å². The largest absolute Gasteiger partial charge is 0.490 e. The molecule has 1 atom stereocenters. The number of halogens is 2. The number of carbonyl (C=O) groups is 1. The molecule has 0 spiro atoms. The molecule has 1 unspecified atom stereocenters. The van der Waals surface area contributed by atoms with Gasteiger partial charge in [0.25, 0.3) is 5.91 Å². The molecule has 2 aromatic heterocycles. The summed E-state index contributed by atoms with van der Waals surface area (Å²) in [5.41, 5.74) is 7.93. The summed E-state index contributed by atoms with van der Waals surface area (Å²) in [4.78, 5) is 24.1. The van der Waals surface area contributed by atoms with E-state index in [0.29, 0.717) is 54.3 Å². The molecule has 10 heteroatoms. The number of nitrogens with zero attached hydrogens (tertiary/aromatic N) is 4. The van der Waals surface area contributed by atoms with E-state index >= 15 is 4.39 Å². The van der Waals surface area contributed by atoms with Crippen molar-refractivity contribution in [1.82, 2.24) is 19.3 Å². The van der Waals surface area contributed by atoms with Crippen molar-refractivity contribution in [3.63, 3.8) is 0 Å². The van der Waals surface area contributed by atoms with E-state index in [4.69, 9.17) is 31.8 Å². The molecule has 1 amide bonds. The fourth-order valence-electron chi connectivity index (χ4n) is 4.67. The number of aryl methyl sites for hydroxylation is 1. The Hall–Kier alpha value is -2.91. The molecular formula is C25H31ClFN5O3. The molecule has 8 nitrogen and oxygen atoms in total. The molecule has 0 radical (unpaired) electrons. The summed E-state index contributed by atoms with van der Waals surface area (Å²) < 4.78 is 28.9. The number of nitrogens with two attached hydrogens (primary N) is 1. The Morgan fingerprint density at radius 3 is 2.60 bits per heavy atom. The number of carbonyl (C=O) groups excluding carboxylic acids is 1. The van der Waals surface area contributed by atoms with Crippen molar-refractivity contribution in [3.05, 3.63) is 51.9 Å². The molecule has 3 aromatic rings. The minimum atomic E-state index is -0.783. The molecule has 1 aliphatic rings. The van der Waals surface area contributed by atoms with Crippen molar-refractivity contribution < 1.29 is 18.7 Å². The predicted molar refractivity (Wildman–Crippen MR) is 133 cm³/mol. The first-order valence-corrected chi connectivity index (χ1v) is 12.1. The molecule has 1 aliphatic heterocycles. The molecule has 2 N–H and O–H groups in total. The number of amides is 1. The van der Waals surface area contributed by atoms with Gasteiger partial charge in [0, 0.05) is 44.1 Å². The van der Waals surface area contributed by atoms with E-state index in [0.717, 1.165) is 0 Å². The van der Waals surface area contributed by atoms with Crippen LogP contribution < -0.4 is 10.5 Å². The maximum absolute atomic E-state index is 15.5. The second kappa shape index (κ2) is 9.99. The first-order chi connectivity index (χ1) is 16.6. The Morgan fingerprint density at radius 2 is 1.97 bits per heavy atom. The SMILES string of the molecule is COC1CCN(C(=O)c2c(F)c(Cl)cc(C(C)c3nc(C)c4c(N)nccn34)c2OC(C)C)CC1. The van der Waals surface area contributed by atoms with Gasteiger partial charge < -0.3 is 20.1 Å². The van der Waals surface area contributed by atoms with Gasteiger partial charge in [-0.25, -0.2) is 14.4 Å². The number of benzene rings is 1. The average molecular weight is 504 g/mol. The van der Waals surface area contributed by atoms with Gasteiger partial charge in [0.2, 0.25) is 0 Å². The summed E-state index contributed by atoms with van der Waals surface area (Å²) in [7, 11) is 1.66. The van der Waals surface area contributed by atoms with E-state index in [9.17, 15) is 4.79 Å². The lowest BCUT2D eigenvalue weighted by Crippen LogP contribution is -2.41. The average Bonchev–Trinajstić information content (AvgIpc) is 3.18. The molecule has 0 saturated carbocycles. The zero-order valence-corrected chi connectivity index (χ0v) is 21.4. The third kappa shape index (κ3) is 4.67. The van der Waals surface area contributed by atoms with Crippen molar-refractivity contribution in [2.75, 3.05) is 25.9 Å². The molecule has 188 valence electrons. The third-order valence-corrected chi connectivity index (χ3v) is 6.74. The summed E-state index contributed by atoms with van der Waals surface area (Å²) in [6.07, 6.45) is 4.53. The van der Waals surface area contributed by atoms with Gasteiger partial charge in [0.05, 0.1) is 22.9 Å². The maximum atomic E-state index is 15.5. The van der Waals surface area contributed by atoms with Crippen LogP contribution in [-0.2, 0) is 4.74 Å². The topological polar surface area (TPSA) is 95.0 Å². The fourth-order valence-corrected chi connectivity index (χ4v) is 4.88. The predicted octanol–water partition coefficient (Wildman–Crippen LogP) is 4.60. The van der Waals surface area contributed by atoms with Gasteiger partial charge >= 0.3 is 0 Å². The second-order valence-electron chi connectivity index (χ2n) is 9.17. The first kappa shape index (κ1) is 25.2. The standard InChI is InChI=1S/C25H31ClFN5O3/c1-13(2)35-22-17(14(3)24-30-15(4)21-23(28)29-8-11-32(21)24)12-18(26)20(27)19(22)25(33)31-9-6-16(34-5)7-10-31/h8,11-14,16H,6-7,9-10H2,1-5H3,(H2,28,29). The van der Waals surface area contributed by atoms with Crippen molar-refractivity contribution in [2.45, 2.75) is 58.7 Å². The number of imidazole rings is 1. The monoisotopic (exact) mass is 503 g/mol. The number of rotatable bonds is 6. The van der Waals surface area contributed by atoms with E-state index in [1.54, 1.807) is 24.4 Å². The number of aromatic nitrogens is 3. The molecule has 35 heavy (non-hydrogen) atoms. The van der Waals surface area contributed by atoms with Crippen LogP contribution in [-0.4, -0.2) is 57.6 Å². The van der Waals surface area contributed by atoms with E-state index in [1.165, 1.54) is 6.07 Å². The Morgan fingerprint density at radius 1 is 1.29 bits per heavy atom. The fraction of sp³-hybridized carbons (Fsp3) is 0.480. The van der Waals surface area contributed by atoms with Crippen molar-refractivity contribution in [1.29, 1.82) is 0 Å². The summed E-state index contributed by atoms with van der Waals surface area (Å²) in [6, 6.07) is 1.52. The number of hydrogen-bond donors (Lipinski definition) is 1. The van der Waals surface area contributed by atoms with Crippen LogP contribution >= 0.6 is 11.6 Å². The Balaban J connectivity index is 1.85. The van der Waals surface area contributed by atoms with E-state index < -0.39 is 17.6 Å². The smallest absolute Gasteiger partial charge is 0.260 e. The molecule has 0 aliphatic carbocycles. The molecular weight excluding hydrogens is 473 g/mol. The van der Waals surface area contributed by atoms with Gasteiger partial charge in [0.1, 0.15) is 28.5 Å². The molecule has 1 aromatic carbocycles. The summed E-state index contributed by atoms with van der Waals surface area (Å²) >= 11 is 6.36. The van der Waals surface area contributed by atoms with Gasteiger partial charge in [-0.2, -0.15) is 0 Å². The van der Waals surface area contributed by atoms with Crippen LogP contribution in [0.5, 0.6) is 5.75 Å². The van der Waals surface area contributed by atoms with Gasteiger partial charge in [-0.05, 0) is 39.7 Å². The van der Waals surface area contributed by atoms with Gasteiger partial charge in [-0.1, -0.05) is 18.5 Å². The van der Waals surface area contributed by atoms with E-state index in [2.05, 4.69) is 4.98 Å². The van der Waals surface area contributed by atoms with Crippen LogP contribution in [0.4, 0.5) is 10.2 Å². The number of methoxy groups -OCH3 is 1. The maximum Gasteiger partial charge on any atom is 0.260 e. The summed E-state index contributed by atoms with van der Waals surface area (Å²) in [5.74, 6) is -0.416. The number of ether oxygens (including phenoxy) is 2. The molecule has 1 fully saturated rings. The molecule has 0 bridgehead atoms. The highest BCUT2D eigenvalue weighted by Crippen LogP contribution is 2.40.